The molecular formula is C11H16N2O2. The minimum absolute atomic E-state index is 0.0172. The monoisotopic (exact) mass is 208 g/mol. The van der Waals surface area contributed by atoms with Crippen LogP contribution in [-0.2, 0) is 0 Å². The van der Waals surface area contributed by atoms with Gasteiger partial charge >= 0.3 is 0 Å². The Bertz CT molecular complexity index is 326. The summed E-state index contributed by atoms with van der Waals surface area (Å²) in [6.07, 6.45) is 0.871. The lowest BCUT2D eigenvalue weighted by atomic mass is 10.2. The Balaban J connectivity index is 2.44. The largest absolute Gasteiger partial charge is 0.507 e. The molecule has 0 bridgehead atoms. The van der Waals surface area contributed by atoms with Gasteiger partial charge < -0.3 is 15.7 Å². The van der Waals surface area contributed by atoms with Gasteiger partial charge in [-0.25, -0.2) is 0 Å². The van der Waals surface area contributed by atoms with Crippen LogP contribution in [0.15, 0.2) is 24.3 Å². The second-order valence-corrected chi connectivity index (χ2v) is 3.23. The highest BCUT2D eigenvalue weighted by molar-refractivity contribution is 5.96. The number of phenols is 1. The summed E-state index contributed by atoms with van der Waals surface area (Å²) >= 11 is 0. The summed E-state index contributed by atoms with van der Waals surface area (Å²) in [5.41, 5.74) is 0.321. The van der Waals surface area contributed by atoms with Gasteiger partial charge in [-0.05, 0) is 32.1 Å². The van der Waals surface area contributed by atoms with Crippen molar-refractivity contribution < 1.29 is 9.90 Å². The number of phenolic OH excluding ortho intramolecular Hbond substituents is 1. The quantitative estimate of drug-likeness (QED) is 0.625. The highest BCUT2D eigenvalue weighted by atomic mass is 16.3. The third-order valence-electron chi connectivity index (χ3n) is 2.04. The summed E-state index contributed by atoms with van der Waals surface area (Å²) in [6.45, 7) is 1.47. The molecule has 0 heterocycles. The Hall–Kier alpha value is -1.55. The molecule has 4 heteroatoms. The average molecular weight is 208 g/mol. The molecule has 4 nitrogen and oxygen atoms in total. The lowest BCUT2D eigenvalue weighted by molar-refractivity contribution is 0.0950. The molecule has 0 aromatic heterocycles. The lowest BCUT2D eigenvalue weighted by Gasteiger charge is -2.06. The number of aromatic hydroxyl groups is 1. The lowest BCUT2D eigenvalue weighted by Crippen LogP contribution is -2.26. The molecule has 82 valence electrons. The normalized spacial score (nSPS) is 9.93. The maximum atomic E-state index is 11.5. The molecule has 0 aliphatic heterocycles. The fourth-order valence-electron chi connectivity index (χ4n) is 1.23. The molecule has 1 rings (SSSR count). The van der Waals surface area contributed by atoms with Gasteiger partial charge in [-0.3, -0.25) is 4.79 Å². The number of amides is 1. The van der Waals surface area contributed by atoms with Crippen LogP contribution < -0.4 is 10.6 Å². The van der Waals surface area contributed by atoms with Crippen molar-refractivity contribution in [2.45, 2.75) is 6.42 Å². The fraction of sp³-hybridized carbons (Fsp3) is 0.364. The van der Waals surface area contributed by atoms with Crippen molar-refractivity contribution in [1.29, 1.82) is 0 Å². The summed E-state index contributed by atoms with van der Waals surface area (Å²) in [7, 11) is 1.87. The van der Waals surface area contributed by atoms with Crippen LogP contribution in [-0.4, -0.2) is 31.2 Å². The van der Waals surface area contributed by atoms with Crippen LogP contribution in [0.5, 0.6) is 5.75 Å². The van der Waals surface area contributed by atoms with E-state index < -0.39 is 0 Å². The van der Waals surface area contributed by atoms with Gasteiger partial charge in [0, 0.05) is 6.54 Å². The van der Waals surface area contributed by atoms with E-state index in [0.717, 1.165) is 13.0 Å². The Morgan fingerprint density at radius 2 is 2.07 bits per heavy atom. The molecule has 0 aliphatic rings. The van der Waals surface area contributed by atoms with Gasteiger partial charge in [-0.1, -0.05) is 12.1 Å². The first kappa shape index (κ1) is 11.5. The van der Waals surface area contributed by atoms with Gasteiger partial charge in [0.05, 0.1) is 5.56 Å². The molecule has 15 heavy (non-hydrogen) atoms. The first-order valence-corrected chi connectivity index (χ1v) is 4.96. The van der Waals surface area contributed by atoms with Crippen LogP contribution in [0.4, 0.5) is 0 Å². The van der Waals surface area contributed by atoms with Crippen LogP contribution in [0.25, 0.3) is 0 Å². The standard InChI is InChI=1S/C11H16N2O2/c1-12-7-4-8-13-11(15)9-5-2-3-6-10(9)14/h2-3,5-6,12,14H,4,7-8H2,1H3,(H,13,15). The highest BCUT2D eigenvalue weighted by Crippen LogP contribution is 2.14. The Morgan fingerprint density at radius 1 is 1.33 bits per heavy atom. The molecule has 1 amide bonds. The van der Waals surface area contributed by atoms with Gasteiger partial charge in [0.1, 0.15) is 5.75 Å². The fourth-order valence-corrected chi connectivity index (χ4v) is 1.23. The maximum absolute atomic E-state index is 11.5. The molecule has 3 N–H and O–H groups in total. The predicted octanol–water partition coefficient (Wildman–Crippen LogP) is 0.731. The first-order valence-electron chi connectivity index (χ1n) is 4.96. The van der Waals surface area contributed by atoms with E-state index in [4.69, 9.17) is 0 Å². The number of hydrogen-bond acceptors (Lipinski definition) is 3. The summed E-state index contributed by atoms with van der Waals surface area (Å²) in [5.74, 6) is -0.215. The smallest absolute Gasteiger partial charge is 0.255 e. The SMILES string of the molecule is CNCCCNC(=O)c1ccccc1O. The summed E-state index contributed by atoms with van der Waals surface area (Å²) in [6, 6.07) is 6.51. The van der Waals surface area contributed by atoms with Crippen molar-refractivity contribution in [3.63, 3.8) is 0 Å². The summed E-state index contributed by atoms with van der Waals surface area (Å²) < 4.78 is 0. The molecule has 0 aliphatic carbocycles. The van der Waals surface area contributed by atoms with Crippen molar-refractivity contribution in [2.75, 3.05) is 20.1 Å². The molecule has 0 atom stereocenters. The Kier molecular flexibility index (Phi) is 4.63. The Morgan fingerprint density at radius 3 is 2.73 bits per heavy atom. The number of carbonyl (C=O) groups is 1. The van der Waals surface area contributed by atoms with E-state index in [1.807, 2.05) is 7.05 Å². The van der Waals surface area contributed by atoms with Gasteiger partial charge in [0.25, 0.3) is 5.91 Å². The first-order chi connectivity index (χ1) is 7.25. The molecular weight excluding hydrogens is 192 g/mol. The predicted molar refractivity (Wildman–Crippen MR) is 59.0 cm³/mol. The zero-order chi connectivity index (χ0) is 11.1. The molecule has 0 saturated carbocycles. The molecule has 1 aromatic rings. The summed E-state index contributed by atoms with van der Waals surface area (Å²) in [4.78, 5) is 11.5. The third-order valence-corrected chi connectivity index (χ3v) is 2.04. The van der Waals surface area contributed by atoms with Crippen LogP contribution in [0, 0.1) is 0 Å². The van der Waals surface area contributed by atoms with Crippen molar-refractivity contribution in [3.8, 4) is 5.75 Å². The minimum atomic E-state index is -0.232. The minimum Gasteiger partial charge on any atom is -0.507 e. The molecule has 0 fully saturated rings. The maximum Gasteiger partial charge on any atom is 0.255 e. The van der Waals surface area contributed by atoms with E-state index in [9.17, 15) is 9.90 Å². The third kappa shape index (κ3) is 3.59. The van der Waals surface area contributed by atoms with Crippen molar-refractivity contribution >= 4 is 5.91 Å². The topological polar surface area (TPSA) is 61.4 Å². The van der Waals surface area contributed by atoms with Crippen LogP contribution >= 0.6 is 0 Å². The number of hydrogen-bond donors (Lipinski definition) is 3. The number of rotatable bonds is 5. The van der Waals surface area contributed by atoms with E-state index >= 15 is 0 Å². The highest BCUT2D eigenvalue weighted by Gasteiger charge is 2.08. The average Bonchev–Trinajstić information content (AvgIpc) is 2.25. The second-order valence-electron chi connectivity index (χ2n) is 3.23. The zero-order valence-electron chi connectivity index (χ0n) is 8.79. The van der Waals surface area contributed by atoms with Crippen LogP contribution in [0.2, 0.25) is 0 Å². The van der Waals surface area contributed by atoms with Crippen LogP contribution in [0.1, 0.15) is 16.8 Å². The second kappa shape index (κ2) is 6.03. The van der Waals surface area contributed by atoms with Crippen LogP contribution in [0.3, 0.4) is 0 Å². The number of nitrogens with one attached hydrogen (secondary N) is 2. The molecule has 0 saturated heterocycles. The van der Waals surface area contributed by atoms with Gasteiger partial charge in [0.15, 0.2) is 0 Å². The molecule has 0 unspecified atom stereocenters. The Labute approximate surface area is 89.3 Å². The van der Waals surface area contributed by atoms with E-state index in [0.29, 0.717) is 12.1 Å². The van der Waals surface area contributed by atoms with E-state index in [-0.39, 0.29) is 11.7 Å². The van der Waals surface area contributed by atoms with E-state index in [2.05, 4.69) is 10.6 Å². The number of para-hydroxylation sites is 1. The molecule has 1 aromatic carbocycles. The van der Waals surface area contributed by atoms with Gasteiger partial charge in [-0.15, -0.1) is 0 Å². The number of benzene rings is 1. The van der Waals surface area contributed by atoms with E-state index in [1.165, 1.54) is 6.07 Å². The van der Waals surface area contributed by atoms with Crippen molar-refractivity contribution in [1.82, 2.24) is 10.6 Å². The van der Waals surface area contributed by atoms with Gasteiger partial charge in [0.2, 0.25) is 0 Å². The van der Waals surface area contributed by atoms with Crippen molar-refractivity contribution in [3.05, 3.63) is 29.8 Å². The molecule has 0 radical (unpaired) electrons. The number of carbonyl (C=O) groups excluding carboxylic acids is 1. The van der Waals surface area contributed by atoms with Gasteiger partial charge in [-0.2, -0.15) is 0 Å². The summed E-state index contributed by atoms with van der Waals surface area (Å²) in [5, 5.41) is 15.1. The zero-order valence-corrected chi connectivity index (χ0v) is 8.79. The molecule has 0 spiro atoms. The van der Waals surface area contributed by atoms with Crippen molar-refractivity contribution in [2.24, 2.45) is 0 Å². The van der Waals surface area contributed by atoms with E-state index in [1.54, 1.807) is 18.2 Å².